The molecule has 0 bridgehead atoms. The fourth-order valence-corrected chi connectivity index (χ4v) is 4.13. The van der Waals surface area contributed by atoms with Crippen LogP contribution in [0.5, 0.6) is 11.5 Å². The Hall–Kier alpha value is -3.80. The van der Waals surface area contributed by atoms with Crippen molar-refractivity contribution in [3.05, 3.63) is 90.3 Å². The highest BCUT2D eigenvalue weighted by Crippen LogP contribution is 2.20. The highest BCUT2D eigenvalue weighted by atomic mass is 16.5. The lowest BCUT2D eigenvalue weighted by Crippen LogP contribution is -2.24. The summed E-state index contributed by atoms with van der Waals surface area (Å²) in [5.41, 5.74) is 2.91. The van der Waals surface area contributed by atoms with Gasteiger partial charge in [-0.05, 0) is 67.8 Å². The monoisotopic (exact) mass is 471 g/mol. The number of aryl methyl sites for hydroxylation is 2. The van der Waals surface area contributed by atoms with Crippen molar-refractivity contribution in [1.82, 2.24) is 14.9 Å². The molecule has 0 saturated heterocycles. The maximum atomic E-state index is 12.1. The van der Waals surface area contributed by atoms with Crippen LogP contribution in [0.25, 0.3) is 11.0 Å². The molecule has 0 saturated carbocycles. The van der Waals surface area contributed by atoms with Crippen LogP contribution < -0.4 is 14.8 Å². The Morgan fingerprint density at radius 3 is 2.40 bits per heavy atom. The molecule has 0 aliphatic carbocycles. The Morgan fingerprint density at radius 1 is 0.857 bits per heavy atom. The number of imidazole rings is 1. The summed E-state index contributed by atoms with van der Waals surface area (Å²) in [6, 6.07) is 25.3. The number of nitrogens with one attached hydrogen (secondary N) is 1. The van der Waals surface area contributed by atoms with Crippen LogP contribution in [0.1, 0.15) is 41.9 Å². The normalized spacial score (nSPS) is 10.9. The molecule has 0 aliphatic rings. The molecule has 0 spiro atoms. The highest BCUT2D eigenvalue weighted by molar-refractivity contribution is 5.94. The van der Waals surface area contributed by atoms with E-state index >= 15 is 0 Å². The predicted molar refractivity (Wildman–Crippen MR) is 139 cm³/mol. The number of unbranched alkanes of at least 4 members (excludes halogenated alkanes) is 2. The van der Waals surface area contributed by atoms with Gasteiger partial charge in [0.1, 0.15) is 17.3 Å². The molecule has 4 rings (SSSR count). The quantitative estimate of drug-likeness (QED) is 0.256. The van der Waals surface area contributed by atoms with Gasteiger partial charge in [0.25, 0.3) is 5.91 Å². The molecule has 182 valence electrons. The third kappa shape index (κ3) is 6.85. The average Bonchev–Trinajstić information content (AvgIpc) is 3.26. The standard InChI is InChI=1S/C29H33N3O3/c1-34-24-16-18-25(19-17-24)35-22-10-21-32-27-14-8-7-13-26(27)31-28(32)15-6-3-9-20-30-29(33)23-11-4-2-5-12-23/h2,4-5,7-8,11-14,16-19H,3,6,9-10,15,20-22H2,1H3,(H,30,33). The van der Waals surface area contributed by atoms with E-state index in [0.29, 0.717) is 18.7 Å². The number of benzene rings is 3. The van der Waals surface area contributed by atoms with Gasteiger partial charge in [-0.25, -0.2) is 4.98 Å². The van der Waals surface area contributed by atoms with Crippen molar-refractivity contribution in [3.8, 4) is 11.5 Å². The van der Waals surface area contributed by atoms with Crippen molar-refractivity contribution in [2.75, 3.05) is 20.3 Å². The number of carbonyl (C=O) groups excluding carboxylic acids is 1. The molecule has 0 aliphatic heterocycles. The largest absolute Gasteiger partial charge is 0.497 e. The highest BCUT2D eigenvalue weighted by Gasteiger charge is 2.10. The zero-order chi connectivity index (χ0) is 24.3. The first-order valence-electron chi connectivity index (χ1n) is 12.3. The summed E-state index contributed by atoms with van der Waals surface area (Å²) < 4.78 is 13.4. The lowest BCUT2D eigenvalue weighted by molar-refractivity contribution is 0.0953. The third-order valence-electron chi connectivity index (χ3n) is 5.99. The number of aromatic nitrogens is 2. The lowest BCUT2D eigenvalue weighted by Gasteiger charge is -2.11. The van der Waals surface area contributed by atoms with Crippen molar-refractivity contribution in [1.29, 1.82) is 0 Å². The van der Waals surface area contributed by atoms with Gasteiger partial charge >= 0.3 is 0 Å². The number of amides is 1. The Kier molecular flexibility index (Phi) is 8.76. The Bertz CT molecular complexity index is 1200. The molecule has 1 heterocycles. The van der Waals surface area contributed by atoms with Crippen LogP contribution in [-0.2, 0) is 13.0 Å². The van der Waals surface area contributed by atoms with Gasteiger partial charge in [0.2, 0.25) is 0 Å². The molecule has 1 N–H and O–H groups in total. The minimum Gasteiger partial charge on any atom is -0.497 e. The second-order valence-corrected chi connectivity index (χ2v) is 8.48. The number of methoxy groups -OCH3 is 1. The lowest BCUT2D eigenvalue weighted by atomic mass is 10.1. The van der Waals surface area contributed by atoms with Crippen LogP contribution in [0.2, 0.25) is 0 Å². The number of hydrogen-bond acceptors (Lipinski definition) is 4. The second-order valence-electron chi connectivity index (χ2n) is 8.48. The fourth-order valence-electron chi connectivity index (χ4n) is 4.13. The van der Waals surface area contributed by atoms with E-state index in [2.05, 4.69) is 28.1 Å². The van der Waals surface area contributed by atoms with Gasteiger partial charge in [-0.15, -0.1) is 0 Å². The molecule has 0 radical (unpaired) electrons. The Morgan fingerprint density at radius 2 is 1.60 bits per heavy atom. The molecule has 1 amide bonds. The molecule has 35 heavy (non-hydrogen) atoms. The van der Waals surface area contributed by atoms with E-state index in [4.69, 9.17) is 14.5 Å². The van der Waals surface area contributed by atoms with Gasteiger partial charge in [-0.1, -0.05) is 36.8 Å². The Balaban J connectivity index is 1.24. The number of carbonyl (C=O) groups is 1. The first-order valence-corrected chi connectivity index (χ1v) is 12.3. The molecule has 0 fully saturated rings. The van der Waals surface area contributed by atoms with Crippen molar-refractivity contribution in [3.63, 3.8) is 0 Å². The molecular weight excluding hydrogens is 438 g/mol. The predicted octanol–water partition coefficient (Wildman–Crippen LogP) is 5.66. The number of fused-ring (bicyclic) bond motifs is 1. The zero-order valence-electron chi connectivity index (χ0n) is 20.3. The maximum Gasteiger partial charge on any atom is 0.251 e. The van der Waals surface area contributed by atoms with E-state index < -0.39 is 0 Å². The smallest absolute Gasteiger partial charge is 0.251 e. The van der Waals surface area contributed by atoms with Crippen LogP contribution >= 0.6 is 0 Å². The van der Waals surface area contributed by atoms with E-state index in [-0.39, 0.29) is 5.91 Å². The van der Waals surface area contributed by atoms with Gasteiger partial charge in [0.05, 0.1) is 24.8 Å². The molecule has 1 aromatic heterocycles. The summed E-state index contributed by atoms with van der Waals surface area (Å²) in [4.78, 5) is 17.0. The number of nitrogens with zero attached hydrogens (tertiary/aromatic N) is 2. The van der Waals surface area contributed by atoms with Crippen molar-refractivity contribution in [2.45, 2.75) is 38.6 Å². The minimum absolute atomic E-state index is 0.00995. The molecule has 4 aromatic rings. The SMILES string of the molecule is COc1ccc(OCCCn2c(CCCCCNC(=O)c3ccccc3)nc3ccccc32)cc1. The maximum absolute atomic E-state index is 12.1. The average molecular weight is 472 g/mol. The van der Waals surface area contributed by atoms with E-state index in [0.717, 1.165) is 61.5 Å². The van der Waals surface area contributed by atoms with Crippen LogP contribution in [0, 0.1) is 0 Å². The molecule has 3 aromatic carbocycles. The summed E-state index contributed by atoms with van der Waals surface area (Å²) in [6.07, 6.45) is 4.84. The van der Waals surface area contributed by atoms with E-state index in [1.165, 1.54) is 5.52 Å². The topological polar surface area (TPSA) is 65.4 Å². The first kappa shape index (κ1) is 24.3. The molecular formula is C29H33N3O3. The summed E-state index contributed by atoms with van der Waals surface area (Å²) >= 11 is 0. The van der Waals surface area contributed by atoms with Crippen LogP contribution in [-0.4, -0.2) is 35.7 Å². The Labute approximate surface area is 206 Å². The summed E-state index contributed by atoms with van der Waals surface area (Å²) in [5.74, 6) is 2.78. The number of rotatable bonds is 13. The molecule has 6 nitrogen and oxygen atoms in total. The summed E-state index contributed by atoms with van der Waals surface area (Å²) in [6.45, 7) is 2.19. The van der Waals surface area contributed by atoms with Crippen LogP contribution in [0.3, 0.4) is 0 Å². The molecule has 0 unspecified atom stereocenters. The molecule has 0 atom stereocenters. The fraction of sp³-hybridized carbons (Fsp3) is 0.310. The second kappa shape index (κ2) is 12.6. The van der Waals surface area contributed by atoms with Gasteiger partial charge in [0, 0.05) is 25.1 Å². The van der Waals surface area contributed by atoms with Gasteiger partial charge in [-0.2, -0.15) is 0 Å². The number of ether oxygens (including phenoxy) is 2. The number of hydrogen-bond donors (Lipinski definition) is 1. The molecule has 6 heteroatoms. The van der Waals surface area contributed by atoms with Gasteiger partial charge < -0.3 is 19.4 Å². The van der Waals surface area contributed by atoms with Crippen molar-refractivity contribution >= 4 is 16.9 Å². The number of para-hydroxylation sites is 2. The van der Waals surface area contributed by atoms with Crippen LogP contribution in [0.15, 0.2) is 78.9 Å². The van der Waals surface area contributed by atoms with E-state index in [9.17, 15) is 4.79 Å². The van der Waals surface area contributed by atoms with E-state index in [1.807, 2.05) is 60.7 Å². The van der Waals surface area contributed by atoms with Gasteiger partial charge in [-0.3, -0.25) is 4.79 Å². The first-order chi connectivity index (χ1) is 17.2. The van der Waals surface area contributed by atoms with E-state index in [1.54, 1.807) is 7.11 Å². The summed E-state index contributed by atoms with van der Waals surface area (Å²) in [7, 11) is 1.66. The van der Waals surface area contributed by atoms with Crippen molar-refractivity contribution < 1.29 is 14.3 Å². The van der Waals surface area contributed by atoms with Crippen molar-refractivity contribution in [2.24, 2.45) is 0 Å². The summed E-state index contributed by atoms with van der Waals surface area (Å²) in [5, 5.41) is 3.00. The zero-order valence-corrected chi connectivity index (χ0v) is 20.3. The minimum atomic E-state index is -0.00995. The van der Waals surface area contributed by atoms with Gasteiger partial charge in [0.15, 0.2) is 0 Å². The third-order valence-corrected chi connectivity index (χ3v) is 5.99. The van der Waals surface area contributed by atoms with Crippen LogP contribution in [0.4, 0.5) is 0 Å².